The Hall–Kier alpha value is -1.36. The monoisotopic (exact) mass is 253 g/mol. The third-order valence-electron chi connectivity index (χ3n) is 3.25. The van der Waals surface area contributed by atoms with Gasteiger partial charge in [-0.05, 0) is 30.2 Å². The van der Waals surface area contributed by atoms with Gasteiger partial charge in [0.25, 0.3) is 5.91 Å². The molecule has 5 heteroatoms. The van der Waals surface area contributed by atoms with Crippen LogP contribution in [0.5, 0.6) is 0 Å². The fraction of sp³-hybridized carbons (Fsp3) is 0.500. The van der Waals surface area contributed by atoms with E-state index in [0.717, 1.165) is 19.3 Å². The van der Waals surface area contributed by atoms with E-state index in [1.54, 1.807) is 6.07 Å². The Morgan fingerprint density at radius 1 is 1.47 bits per heavy atom. The number of carboxylic acids is 1. The Kier molecular flexibility index (Phi) is 3.78. The van der Waals surface area contributed by atoms with Crippen molar-refractivity contribution >= 4 is 23.2 Å². The summed E-state index contributed by atoms with van der Waals surface area (Å²) in [6.07, 6.45) is 2.56. The highest BCUT2D eigenvalue weighted by Gasteiger charge is 2.32. The van der Waals surface area contributed by atoms with Gasteiger partial charge in [-0.25, -0.2) is 0 Å². The van der Waals surface area contributed by atoms with Crippen molar-refractivity contribution in [3.05, 3.63) is 22.4 Å². The molecule has 0 aliphatic heterocycles. The maximum atomic E-state index is 11.7. The number of thiophene rings is 1. The van der Waals surface area contributed by atoms with Crippen LogP contribution in [0, 0.1) is 11.8 Å². The summed E-state index contributed by atoms with van der Waals surface area (Å²) < 4.78 is 0. The Labute approximate surface area is 104 Å². The molecule has 1 fully saturated rings. The quantitative estimate of drug-likeness (QED) is 0.862. The number of carbonyl (C=O) groups is 2. The van der Waals surface area contributed by atoms with Crippen molar-refractivity contribution in [2.45, 2.75) is 19.3 Å². The fourth-order valence-corrected chi connectivity index (χ4v) is 2.97. The van der Waals surface area contributed by atoms with Gasteiger partial charge in [0.15, 0.2) is 0 Å². The maximum absolute atomic E-state index is 11.7. The van der Waals surface area contributed by atoms with E-state index in [2.05, 4.69) is 5.32 Å². The summed E-state index contributed by atoms with van der Waals surface area (Å²) in [5, 5.41) is 13.7. The van der Waals surface area contributed by atoms with Crippen LogP contribution in [0.1, 0.15) is 28.9 Å². The molecule has 1 aromatic rings. The van der Waals surface area contributed by atoms with Crippen LogP contribution < -0.4 is 5.32 Å². The van der Waals surface area contributed by atoms with Gasteiger partial charge in [0.1, 0.15) is 0 Å². The van der Waals surface area contributed by atoms with Gasteiger partial charge in [0.05, 0.1) is 10.8 Å². The van der Waals surface area contributed by atoms with E-state index in [0.29, 0.717) is 11.4 Å². The number of amides is 1. The van der Waals surface area contributed by atoms with E-state index >= 15 is 0 Å². The molecule has 0 saturated heterocycles. The van der Waals surface area contributed by atoms with E-state index in [1.807, 2.05) is 11.4 Å². The second kappa shape index (κ2) is 5.31. The smallest absolute Gasteiger partial charge is 0.306 e. The molecule has 1 aliphatic carbocycles. The van der Waals surface area contributed by atoms with Gasteiger partial charge in [0, 0.05) is 6.54 Å². The van der Waals surface area contributed by atoms with Gasteiger partial charge in [-0.1, -0.05) is 12.5 Å². The molecule has 1 amide bonds. The lowest BCUT2D eigenvalue weighted by Gasteiger charge is -2.15. The summed E-state index contributed by atoms with van der Waals surface area (Å²) in [4.78, 5) is 23.3. The summed E-state index contributed by atoms with van der Waals surface area (Å²) in [6, 6.07) is 3.60. The first kappa shape index (κ1) is 12.1. The van der Waals surface area contributed by atoms with E-state index < -0.39 is 5.97 Å². The van der Waals surface area contributed by atoms with Crippen molar-refractivity contribution in [3.63, 3.8) is 0 Å². The van der Waals surface area contributed by atoms with E-state index in [9.17, 15) is 9.59 Å². The molecule has 1 aromatic heterocycles. The number of hydrogen-bond acceptors (Lipinski definition) is 3. The molecule has 0 bridgehead atoms. The van der Waals surface area contributed by atoms with Crippen LogP contribution in [-0.2, 0) is 4.79 Å². The number of rotatable bonds is 4. The molecule has 1 heterocycles. The van der Waals surface area contributed by atoms with Crippen molar-refractivity contribution in [3.8, 4) is 0 Å². The molecular weight excluding hydrogens is 238 g/mol. The molecule has 2 N–H and O–H groups in total. The van der Waals surface area contributed by atoms with Crippen LogP contribution >= 0.6 is 11.3 Å². The third-order valence-corrected chi connectivity index (χ3v) is 4.11. The molecule has 2 rings (SSSR count). The van der Waals surface area contributed by atoms with E-state index in [1.165, 1.54) is 11.3 Å². The zero-order valence-electron chi connectivity index (χ0n) is 9.39. The number of aliphatic carboxylic acids is 1. The van der Waals surface area contributed by atoms with Gasteiger partial charge < -0.3 is 10.4 Å². The average molecular weight is 253 g/mol. The predicted molar refractivity (Wildman–Crippen MR) is 65.1 cm³/mol. The Balaban J connectivity index is 1.86. The molecule has 4 nitrogen and oxygen atoms in total. The van der Waals surface area contributed by atoms with Crippen LogP contribution in [0.4, 0.5) is 0 Å². The molecule has 1 aliphatic rings. The number of carboxylic acid groups (broad SMARTS) is 1. The van der Waals surface area contributed by atoms with Gasteiger partial charge in [-0.15, -0.1) is 11.3 Å². The number of hydrogen-bond donors (Lipinski definition) is 2. The average Bonchev–Trinajstić information content (AvgIpc) is 2.96. The minimum atomic E-state index is -0.738. The van der Waals surface area contributed by atoms with Gasteiger partial charge >= 0.3 is 5.97 Å². The van der Waals surface area contributed by atoms with Gasteiger partial charge in [-0.3, -0.25) is 9.59 Å². The first-order valence-corrected chi connectivity index (χ1v) is 6.61. The highest BCUT2D eigenvalue weighted by molar-refractivity contribution is 7.12. The molecule has 17 heavy (non-hydrogen) atoms. The highest BCUT2D eigenvalue weighted by atomic mass is 32.1. The summed E-state index contributed by atoms with van der Waals surface area (Å²) >= 11 is 1.39. The van der Waals surface area contributed by atoms with Crippen molar-refractivity contribution in [2.24, 2.45) is 11.8 Å². The van der Waals surface area contributed by atoms with Crippen LogP contribution in [-0.4, -0.2) is 23.5 Å². The Bertz CT molecular complexity index is 402. The lowest BCUT2D eigenvalue weighted by atomic mass is 9.96. The fourth-order valence-electron chi connectivity index (χ4n) is 2.32. The lowest BCUT2D eigenvalue weighted by Crippen LogP contribution is -2.32. The van der Waals surface area contributed by atoms with Crippen LogP contribution in [0.15, 0.2) is 17.5 Å². The zero-order valence-corrected chi connectivity index (χ0v) is 10.2. The summed E-state index contributed by atoms with van der Waals surface area (Å²) in [5.74, 6) is -1.05. The minimum Gasteiger partial charge on any atom is -0.481 e. The highest BCUT2D eigenvalue weighted by Crippen LogP contribution is 2.31. The zero-order chi connectivity index (χ0) is 12.3. The summed E-state index contributed by atoms with van der Waals surface area (Å²) in [7, 11) is 0. The molecular formula is C12H15NO3S. The van der Waals surface area contributed by atoms with Gasteiger partial charge in [-0.2, -0.15) is 0 Å². The second-order valence-corrected chi connectivity index (χ2v) is 5.27. The normalized spacial score (nSPS) is 23.5. The molecule has 2 unspecified atom stereocenters. The Morgan fingerprint density at radius 2 is 2.29 bits per heavy atom. The topological polar surface area (TPSA) is 66.4 Å². The number of carbonyl (C=O) groups excluding carboxylic acids is 1. The largest absolute Gasteiger partial charge is 0.481 e. The maximum Gasteiger partial charge on any atom is 0.306 e. The SMILES string of the molecule is O=C(NCC1CCCC1C(=O)O)c1cccs1. The van der Waals surface area contributed by atoms with Crippen LogP contribution in [0.25, 0.3) is 0 Å². The third kappa shape index (κ3) is 2.85. The predicted octanol–water partition coefficient (Wildman–Crippen LogP) is 1.98. The molecule has 0 spiro atoms. The summed E-state index contributed by atoms with van der Waals surface area (Å²) in [5.41, 5.74) is 0. The molecule has 0 radical (unpaired) electrons. The molecule has 0 aromatic carbocycles. The minimum absolute atomic E-state index is 0.0800. The van der Waals surface area contributed by atoms with Crippen molar-refractivity contribution < 1.29 is 14.7 Å². The first-order chi connectivity index (χ1) is 8.18. The summed E-state index contributed by atoms with van der Waals surface area (Å²) in [6.45, 7) is 0.466. The molecule has 1 saturated carbocycles. The second-order valence-electron chi connectivity index (χ2n) is 4.32. The molecule has 2 atom stereocenters. The number of nitrogens with one attached hydrogen (secondary N) is 1. The lowest BCUT2D eigenvalue weighted by molar-refractivity contribution is -0.142. The van der Waals surface area contributed by atoms with Crippen LogP contribution in [0.3, 0.4) is 0 Å². The van der Waals surface area contributed by atoms with Gasteiger partial charge in [0.2, 0.25) is 0 Å². The van der Waals surface area contributed by atoms with Crippen molar-refractivity contribution in [1.82, 2.24) is 5.32 Å². The van der Waals surface area contributed by atoms with E-state index in [4.69, 9.17) is 5.11 Å². The van der Waals surface area contributed by atoms with Crippen LogP contribution in [0.2, 0.25) is 0 Å². The van der Waals surface area contributed by atoms with E-state index in [-0.39, 0.29) is 17.7 Å². The Morgan fingerprint density at radius 3 is 2.94 bits per heavy atom. The molecule has 92 valence electrons. The van der Waals surface area contributed by atoms with Crippen molar-refractivity contribution in [1.29, 1.82) is 0 Å². The first-order valence-electron chi connectivity index (χ1n) is 5.73. The standard InChI is InChI=1S/C12H15NO3S/c14-11(10-5-2-6-17-10)13-7-8-3-1-4-9(8)12(15)16/h2,5-6,8-9H,1,3-4,7H2,(H,13,14)(H,15,16). The van der Waals surface area contributed by atoms with Crippen molar-refractivity contribution in [2.75, 3.05) is 6.54 Å².